The Balaban J connectivity index is 2.99. The van der Waals surface area contributed by atoms with Crippen LogP contribution in [0.15, 0.2) is 0 Å². The molecule has 1 heterocycles. The third-order valence-corrected chi connectivity index (χ3v) is 2.22. The summed E-state index contributed by atoms with van der Waals surface area (Å²) in [7, 11) is 1.59. The van der Waals surface area contributed by atoms with Gasteiger partial charge in [0.25, 0.3) is 0 Å². The first-order valence-electron chi connectivity index (χ1n) is 3.39. The molecule has 0 fully saturated rings. The number of amides is 1. The summed E-state index contributed by atoms with van der Waals surface area (Å²) in [5.41, 5.74) is 0. The normalized spacial score (nSPS) is 33.7. The first-order valence-corrected chi connectivity index (χ1v) is 3.39. The minimum Gasteiger partial charge on any atom is -0.463 e. The van der Waals surface area contributed by atoms with E-state index in [4.69, 9.17) is 0 Å². The fourth-order valence-corrected chi connectivity index (χ4v) is 1.16. The smallest absolute Gasteiger partial charge is 0.393 e. The number of hydrogen-bond acceptors (Lipinski definition) is 1. The van der Waals surface area contributed by atoms with Crippen LogP contribution in [0, 0.1) is 11.8 Å². The maximum Gasteiger partial charge on any atom is 0.393 e. The van der Waals surface area contributed by atoms with Crippen LogP contribution < -0.4 is 0 Å². The van der Waals surface area contributed by atoms with Crippen LogP contribution in [0.3, 0.4) is 0 Å². The predicted octanol–water partition coefficient (Wildman–Crippen LogP) is 0.398. The summed E-state index contributed by atoms with van der Waals surface area (Å²) < 4.78 is 1.31. The maximum atomic E-state index is 11.1. The van der Waals surface area contributed by atoms with Crippen LogP contribution in [-0.2, 0) is 4.79 Å². The average Bonchev–Trinajstić information content (AvgIpc) is 2.07. The van der Waals surface area contributed by atoms with Gasteiger partial charge in [0.2, 0.25) is 0 Å². The zero-order valence-electron chi connectivity index (χ0n) is 6.46. The number of aliphatic hydroxyl groups is 1. The summed E-state index contributed by atoms with van der Waals surface area (Å²) in [6, 6.07) is 0. The number of carbonyl (C=O) groups excluding carboxylic acids is 1. The number of carbonyl (C=O) groups is 1. The van der Waals surface area contributed by atoms with Crippen LogP contribution in [0.1, 0.15) is 13.8 Å². The molecule has 1 aliphatic rings. The van der Waals surface area contributed by atoms with E-state index in [0.717, 1.165) is 0 Å². The fraction of sp³-hybridized carbons (Fsp3) is 0.714. The van der Waals surface area contributed by atoms with E-state index in [0.29, 0.717) is 0 Å². The Labute approximate surface area is 60.0 Å². The van der Waals surface area contributed by atoms with Gasteiger partial charge in [0.05, 0.1) is 11.8 Å². The van der Waals surface area contributed by atoms with Crippen LogP contribution in [-0.4, -0.2) is 28.5 Å². The van der Waals surface area contributed by atoms with Crippen molar-refractivity contribution < 1.29 is 14.5 Å². The highest BCUT2D eigenvalue weighted by Crippen LogP contribution is 2.18. The van der Waals surface area contributed by atoms with Crippen LogP contribution in [0.5, 0.6) is 0 Å². The molecule has 1 N–H and O–H groups in total. The highest BCUT2D eigenvalue weighted by Gasteiger charge is 2.42. The zero-order chi connectivity index (χ0) is 7.89. The Morgan fingerprint density at radius 2 is 1.90 bits per heavy atom. The minimum absolute atomic E-state index is 0.00463. The van der Waals surface area contributed by atoms with E-state index in [2.05, 4.69) is 0 Å². The quantitative estimate of drug-likeness (QED) is 0.497. The molecule has 1 amide bonds. The topological polar surface area (TPSA) is 40.3 Å². The van der Waals surface area contributed by atoms with Gasteiger partial charge < -0.3 is 5.11 Å². The molecule has 0 spiro atoms. The Bertz CT molecular complexity index is 208. The lowest BCUT2D eigenvalue weighted by molar-refractivity contribution is -0.423. The fourth-order valence-electron chi connectivity index (χ4n) is 1.16. The molecule has 0 bridgehead atoms. The molecule has 0 saturated carbocycles. The molecule has 3 nitrogen and oxygen atoms in total. The van der Waals surface area contributed by atoms with Gasteiger partial charge in [-0.05, 0) is 13.8 Å². The average molecular weight is 142 g/mol. The Hall–Kier alpha value is -0.860. The zero-order valence-corrected chi connectivity index (χ0v) is 6.46. The van der Waals surface area contributed by atoms with Gasteiger partial charge in [0.15, 0.2) is 0 Å². The number of hydrogen-bond donors (Lipinski definition) is 1. The lowest BCUT2D eigenvalue weighted by Gasteiger charge is -1.97. The largest absolute Gasteiger partial charge is 0.463 e. The monoisotopic (exact) mass is 142 g/mol. The Morgan fingerprint density at radius 3 is 2.00 bits per heavy atom. The second-order valence-electron chi connectivity index (χ2n) is 2.83. The van der Waals surface area contributed by atoms with Crippen molar-refractivity contribution in [3.8, 4) is 0 Å². The summed E-state index contributed by atoms with van der Waals surface area (Å²) in [6.45, 7) is 3.67. The second-order valence-corrected chi connectivity index (χ2v) is 2.83. The molecule has 2 atom stereocenters. The number of aliphatic hydroxyl groups excluding tert-OH is 1. The molecule has 10 heavy (non-hydrogen) atoms. The summed E-state index contributed by atoms with van der Waals surface area (Å²) in [6.07, 6.45) is 0. The maximum absolute atomic E-state index is 11.1. The SMILES string of the molecule is CC1C(=O)[N+](C)=C(O)C1C. The highest BCUT2D eigenvalue weighted by molar-refractivity contribution is 5.89. The number of nitrogens with zero attached hydrogens (tertiary/aromatic N) is 1. The van der Waals surface area contributed by atoms with Gasteiger partial charge in [0.1, 0.15) is 7.05 Å². The van der Waals surface area contributed by atoms with Crippen LogP contribution in [0.2, 0.25) is 0 Å². The molecular formula is C7H12NO2+. The molecule has 2 unspecified atom stereocenters. The van der Waals surface area contributed by atoms with E-state index in [-0.39, 0.29) is 23.6 Å². The summed E-state index contributed by atoms with van der Waals surface area (Å²) in [5, 5.41) is 9.23. The van der Waals surface area contributed by atoms with E-state index in [1.807, 2.05) is 13.8 Å². The molecule has 0 radical (unpaired) electrons. The van der Waals surface area contributed by atoms with Gasteiger partial charge in [-0.25, -0.2) is 4.79 Å². The Kier molecular flexibility index (Phi) is 1.50. The van der Waals surface area contributed by atoms with Gasteiger partial charge in [0, 0.05) is 0 Å². The second kappa shape index (κ2) is 2.08. The predicted molar refractivity (Wildman–Crippen MR) is 37.2 cm³/mol. The van der Waals surface area contributed by atoms with Crippen LogP contribution in [0.4, 0.5) is 0 Å². The summed E-state index contributed by atoms with van der Waals surface area (Å²) >= 11 is 0. The van der Waals surface area contributed by atoms with Crippen LogP contribution in [0.25, 0.3) is 0 Å². The molecule has 3 heteroatoms. The lowest BCUT2D eigenvalue weighted by atomic mass is 9.99. The number of rotatable bonds is 0. The highest BCUT2D eigenvalue weighted by atomic mass is 16.3. The van der Waals surface area contributed by atoms with Crippen molar-refractivity contribution in [1.82, 2.24) is 0 Å². The molecule has 1 aliphatic heterocycles. The van der Waals surface area contributed by atoms with Crippen molar-refractivity contribution in [3.63, 3.8) is 0 Å². The van der Waals surface area contributed by atoms with E-state index in [1.165, 1.54) is 4.58 Å². The van der Waals surface area contributed by atoms with Gasteiger partial charge >= 0.3 is 11.8 Å². The standard InChI is InChI=1S/C7H11NO2/c1-4-5(2)7(10)8(3)6(4)9/h4-5H,1-3H3/p+1. The van der Waals surface area contributed by atoms with E-state index >= 15 is 0 Å². The molecule has 1 rings (SSSR count). The van der Waals surface area contributed by atoms with Gasteiger partial charge in [-0.1, -0.05) is 0 Å². The first-order chi connectivity index (χ1) is 4.55. The van der Waals surface area contributed by atoms with Gasteiger partial charge in [-0.3, -0.25) is 0 Å². The van der Waals surface area contributed by atoms with E-state index in [9.17, 15) is 9.90 Å². The minimum atomic E-state index is -0.0648. The lowest BCUT2D eigenvalue weighted by Crippen LogP contribution is -2.16. The van der Waals surface area contributed by atoms with Gasteiger partial charge in [-0.15, -0.1) is 4.58 Å². The molecule has 0 aliphatic carbocycles. The third-order valence-electron chi connectivity index (χ3n) is 2.22. The van der Waals surface area contributed by atoms with Crippen LogP contribution >= 0.6 is 0 Å². The first kappa shape index (κ1) is 7.25. The van der Waals surface area contributed by atoms with Crippen molar-refractivity contribution >= 4 is 11.8 Å². The molecule has 0 aromatic carbocycles. The van der Waals surface area contributed by atoms with Crippen molar-refractivity contribution in [3.05, 3.63) is 0 Å². The molecule has 0 aromatic heterocycles. The Morgan fingerprint density at radius 1 is 1.40 bits per heavy atom. The van der Waals surface area contributed by atoms with E-state index < -0.39 is 0 Å². The van der Waals surface area contributed by atoms with Crippen molar-refractivity contribution in [1.29, 1.82) is 0 Å². The molecule has 56 valence electrons. The third kappa shape index (κ3) is 0.735. The van der Waals surface area contributed by atoms with Crippen molar-refractivity contribution in [2.24, 2.45) is 11.8 Å². The van der Waals surface area contributed by atoms with Crippen molar-refractivity contribution in [2.75, 3.05) is 7.05 Å². The van der Waals surface area contributed by atoms with Crippen molar-refractivity contribution in [2.45, 2.75) is 13.8 Å². The summed E-state index contributed by atoms with van der Waals surface area (Å²) in [4.78, 5) is 11.1. The molecular weight excluding hydrogens is 130 g/mol. The van der Waals surface area contributed by atoms with E-state index in [1.54, 1.807) is 7.05 Å². The van der Waals surface area contributed by atoms with Gasteiger partial charge in [-0.2, -0.15) is 0 Å². The molecule has 0 saturated heterocycles. The summed E-state index contributed by atoms with van der Waals surface area (Å²) in [5.74, 6) is 0.116. The molecule has 0 aromatic rings.